The first kappa shape index (κ1) is 13.4. The van der Waals surface area contributed by atoms with Crippen LogP contribution in [0.25, 0.3) is 0 Å². The Labute approximate surface area is 106 Å². The van der Waals surface area contributed by atoms with Gasteiger partial charge in [0.2, 0.25) is 0 Å². The molecule has 0 bridgehead atoms. The zero-order valence-corrected chi connectivity index (χ0v) is 11.5. The molecule has 1 rings (SSSR count). The molecule has 1 aromatic carbocycles. The number of alkyl halides is 1. The van der Waals surface area contributed by atoms with Crippen molar-refractivity contribution < 1.29 is 9.47 Å². The van der Waals surface area contributed by atoms with E-state index in [-0.39, 0.29) is 0 Å². The SMILES string of the molecule is CC(C)CCOc1ccc(OCCBr)cc1. The minimum absolute atomic E-state index is 0.682. The Bertz CT molecular complexity index is 282. The highest BCUT2D eigenvalue weighted by Crippen LogP contribution is 2.18. The fourth-order valence-electron chi connectivity index (χ4n) is 1.20. The van der Waals surface area contributed by atoms with Crippen LogP contribution in [-0.2, 0) is 0 Å². The summed E-state index contributed by atoms with van der Waals surface area (Å²) < 4.78 is 11.1. The lowest BCUT2D eigenvalue weighted by Gasteiger charge is -2.09. The molecular weight excluding hydrogens is 268 g/mol. The summed E-state index contributed by atoms with van der Waals surface area (Å²) in [7, 11) is 0. The molecule has 0 heterocycles. The molecule has 0 aliphatic carbocycles. The van der Waals surface area contributed by atoms with Gasteiger partial charge in [-0.3, -0.25) is 0 Å². The van der Waals surface area contributed by atoms with Crippen molar-refractivity contribution in [2.75, 3.05) is 18.5 Å². The molecule has 0 saturated carbocycles. The van der Waals surface area contributed by atoms with Gasteiger partial charge in [-0.25, -0.2) is 0 Å². The highest BCUT2D eigenvalue weighted by Gasteiger charge is 1.97. The van der Waals surface area contributed by atoms with Gasteiger partial charge in [0.1, 0.15) is 11.5 Å². The largest absolute Gasteiger partial charge is 0.494 e. The van der Waals surface area contributed by atoms with E-state index in [0.29, 0.717) is 12.5 Å². The van der Waals surface area contributed by atoms with E-state index in [1.807, 2.05) is 24.3 Å². The van der Waals surface area contributed by atoms with Crippen molar-refractivity contribution in [3.63, 3.8) is 0 Å². The molecule has 0 N–H and O–H groups in total. The third kappa shape index (κ3) is 5.40. The lowest BCUT2D eigenvalue weighted by Crippen LogP contribution is -2.01. The zero-order valence-electron chi connectivity index (χ0n) is 9.91. The van der Waals surface area contributed by atoms with Crippen LogP contribution in [0.3, 0.4) is 0 Å². The Morgan fingerprint density at radius 3 is 1.94 bits per heavy atom. The van der Waals surface area contributed by atoms with Gasteiger partial charge in [-0.2, -0.15) is 0 Å². The van der Waals surface area contributed by atoms with E-state index in [0.717, 1.165) is 29.9 Å². The maximum absolute atomic E-state index is 5.61. The highest BCUT2D eigenvalue weighted by molar-refractivity contribution is 9.09. The molecule has 0 aromatic heterocycles. The summed E-state index contributed by atoms with van der Waals surface area (Å²) in [6.45, 7) is 5.86. The van der Waals surface area contributed by atoms with Crippen LogP contribution in [0.5, 0.6) is 11.5 Å². The molecule has 0 aliphatic rings. The van der Waals surface area contributed by atoms with Gasteiger partial charge in [0, 0.05) is 5.33 Å². The van der Waals surface area contributed by atoms with Crippen LogP contribution < -0.4 is 9.47 Å². The summed E-state index contributed by atoms with van der Waals surface area (Å²) in [5.74, 6) is 2.48. The Morgan fingerprint density at radius 1 is 1.00 bits per heavy atom. The van der Waals surface area contributed by atoms with E-state index in [2.05, 4.69) is 29.8 Å². The molecule has 90 valence electrons. The molecule has 0 atom stereocenters. The maximum Gasteiger partial charge on any atom is 0.119 e. The first-order valence-electron chi connectivity index (χ1n) is 5.64. The van der Waals surface area contributed by atoms with Crippen LogP contribution in [0, 0.1) is 5.92 Å². The van der Waals surface area contributed by atoms with Gasteiger partial charge in [0.25, 0.3) is 0 Å². The van der Waals surface area contributed by atoms with Gasteiger partial charge in [-0.1, -0.05) is 29.8 Å². The third-order valence-corrected chi connectivity index (χ3v) is 2.46. The van der Waals surface area contributed by atoms with Gasteiger partial charge in [-0.05, 0) is 36.6 Å². The first-order chi connectivity index (χ1) is 7.72. The van der Waals surface area contributed by atoms with E-state index >= 15 is 0 Å². The second-order valence-corrected chi connectivity index (χ2v) is 4.83. The van der Waals surface area contributed by atoms with Crippen molar-refractivity contribution in [3.8, 4) is 11.5 Å². The second-order valence-electron chi connectivity index (χ2n) is 4.04. The van der Waals surface area contributed by atoms with E-state index in [9.17, 15) is 0 Å². The number of benzene rings is 1. The molecule has 0 fully saturated rings. The predicted molar refractivity (Wildman–Crippen MR) is 70.7 cm³/mol. The summed E-state index contributed by atoms with van der Waals surface area (Å²) >= 11 is 3.32. The number of hydrogen-bond acceptors (Lipinski definition) is 2. The quantitative estimate of drug-likeness (QED) is 0.708. The lowest BCUT2D eigenvalue weighted by molar-refractivity contribution is 0.288. The molecule has 0 saturated heterocycles. The van der Waals surface area contributed by atoms with Crippen LogP contribution in [-0.4, -0.2) is 18.5 Å². The lowest BCUT2D eigenvalue weighted by atomic mass is 10.1. The molecule has 3 heteroatoms. The highest BCUT2D eigenvalue weighted by atomic mass is 79.9. The number of rotatable bonds is 7. The smallest absolute Gasteiger partial charge is 0.119 e. The van der Waals surface area contributed by atoms with Gasteiger partial charge < -0.3 is 9.47 Å². The molecule has 0 radical (unpaired) electrons. The van der Waals surface area contributed by atoms with Crippen molar-refractivity contribution in [2.24, 2.45) is 5.92 Å². The molecule has 0 spiro atoms. The van der Waals surface area contributed by atoms with E-state index in [1.165, 1.54) is 0 Å². The molecule has 0 amide bonds. The molecule has 0 unspecified atom stereocenters. The molecule has 16 heavy (non-hydrogen) atoms. The van der Waals surface area contributed by atoms with Gasteiger partial charge >= 0.3 is 0 Å². The second kappa shape index (κ2) is 7.55. The normalized spacial score (nSPS) is 10.5. The summed E-state index contributed by atoms with van der Waals surface area (Å²) in [6, 6.07) is 7.77. The van der Waals surface area contributed by atoms with E-state index in [4.69, 9.17) is 9.47 Å². The summed E-state index contributed by atoms with van der Waals surface area (Å²) in [5.41, 5.74) is 0. The van der Waals surface area contributed by atoms with Crippen molar-refractivity contribution >= 4 is 15.9 Å². The van der Waals surface area contributed by atoms with E-state index in [1.54, 1.807) is 0 Å². The minimum Gasteiger partial charge on any atom is -0.494 e. The van der Waals surface area contributed by atoms with Crippen LogP contribution in [0.2, 0.25) is 0 Å². The minimum atomic E-state index is 0.682. The third-order valence-electron chi connectivity index (χ3n) is 2.13. The monoisotopic (exact) mass is 286 g/mol. The first-order valence-corrected chi connectivity index (χ1v) is 6.76. The Hall–Kier alpha value is -0.700. The van der Waals surface area contributed by atoms with Crippen LogP contribution in [0.1, 0.15) is 20.3 Å². The van der Waals surface area contributed by atoms with Crippen molar-refractivity contribution in [2.45, 2.75) is 20.3 Å². The van der Waals surface area contributed by atoms with Crippen LogP contribution >= 0.6 is 15.9 Å². The average molecular weight is 287 g/mol. The fourth-order valence-corrected chi connectivity index (χ4v) is 1.36. The maximum atomic E-state index is 5.61. The van der Waals surface area contributed by atoms with Crippen LogP contribution in [0.15, 0.2) is 24.3 Å². The van der Waals surface area contributed by atoms with Crippen LogP contribution in [0.4, 0.5) is 0 Å². The Morgan fingerprint density at radius 2 is 1.50 bits per heavy atom. The topological polar surface area (TPSA) is 18.5 Å². The Kier molecular flexibility index (Phi) is 6.31. The summed E-state index contributed by atoms with van der Waals surface area (Å²) in [4.78, 5) is 0. The molecule has 2 nitrogen and oxygen atoms in total. The number of ether oxygens (including phenoxy) is 2. The van der Waals surface area contributed by atoms with Gasteiger partial charge in [-0.15, -0.1) is 0 Å². The molecule has 0 aliphatic heterocycles. The fraction of sp³-hybridized carbons (Fsp3) is 0.538. The average Bonchev–Trinajstić information content (AvgIpc) is 2.27. The summed E-state index contributed by atoms with van der Waals surface area (Å²) in [6.07, 6.45) is 1.09. The number of hydrogen-bond donors (Lipinski definition) is 0. The van der Waals surface area contributed by atoms with Crippen molar-refractivity contribution in [3.05, 3.63) is 24.3 Å². The zero-order chi connectivity index (χ0) is 11.8. The van der Waals surface area contributed by atoms with Gasteiger partial charge in [0.15, 0.2) is 0 Å². The molecule has 1 aromatic rings. The standard InChI is InChI=1S/C13H19BrO2/c1-11(2)7-9-15-12-3-5-13(6-4-12)16-10-8-14/h3-6,11H,7-10H2,1-2H3. The number of halogens is 1. The summed E-state index contributed by atoms with van der Waals surface area (Å²) in [5, 5.41) is 0.847. The van der Waals surface area contributed by atoms with Crippen molar-refractivity contribution in [1.82, 2.24) is 0 Å². The van der Waals surface area contributed by atoms with E-state index < -0.39 is 0 Å². The molecular formula is C13H19BrO2. The van der Waals surface area contributed by atoms with Crippen molar-refractivity contribution in [1.29, 1.82) is 0 Å². The van der Waals surface area contributed by atoms with Gasteiger partial charge in [0.05, 0.1) is 13.2 Å². The Balaban J connectivity index is 2.33. The predicted octanol–water partition coefficient (Wildman–Crippen LogP) is 3.89.